The van der Waals surface area contributed by atoms with Gasteiger partial charge in [-0.05, 0) is 5.53 Å². The van der Waals surface area contributed by atoms with Crippen LogP contribution in [0.2, 0.25) is 0 Å². The molecule has 1 aliphatic rings. The molecule has 11 heteroatoms. The monoisotopic (exact) mass is 376 g/mol. The fourth-order valence-corrected chi connectivity index (χ4v) is 2.58. The van der Waals surface area contributed by atoms with Crippen molar-refractivity contribution in [1.29, 1.82) is 0 Å². The second kappa shape index (κ2) is 9.70. The van der Waals surface area contributed by atoms with Crippen molar-refractivity contribution in [2.75, 3.05) is 18.7 Å². The molecule has 1 aromatic heterocycles. The average molecular weight is 376 g/mol. The van der Waals surface area contributed by atoms with Crippen LogP contribution in [0.15, 0.2) is 16.1 Å². The van der Waals surface area contributed by atoms with Crippen molar-refractivity contribution in [2.45, 2.75) is 45.1 Å². The molecule has 1 fully saturated rings. The SMILES string of the molecule is CCC#Cc1cn(C2CC(OCN=[N+]=[N-])C(CO)O2)c(=O)nc1NC(C)=O. The molecule has 1 aromatic rings. The molecule has 11 nitrogen and oxygen atoms in total. The van der Waals surface area contributed by atoms with E-state index in [9.17, 15) is 14.7 Å². The number of carbonyl (C=O) groups is 1. The second-order valence-electron chi connectivity index (χ2n) is 5.64. The largest absolute Gasteiger partial charge is 0.394 e. The highest BCUT2D eigenvalue weighted by molar-refractivity contribution is 5.88. The van der Waals surface area contributed by atoms with E-state index in [1.165, 1.54) is 17.7 Å². The van der Waals surface area contributed by atoms with E-state index in [4.69, 9.17) is 15.0 Å². The Hall–Kier alpha value is -2.90. The van der Waals surface area contributed by atoms with Crippen LogP contribution >= 0.6 is 0 Å². The first-order valence-corrected chi connectivity index (χ1v) is 8.28. The number of hydrogen-bond donors (Lipinski definition) is 2. The van der Waals surface area contributed by atoms with Crippen LogP contribution in [0, 0.1) is 11.8 Å². The minimum Gasteiger partial charge on any atom is -0.394 e. The Balaban J connectivity index is 2.33. The van der Waals surface area contributed by atoms with Crippen LogP contribution in [0.5, 0.6) is 0 Å². The summed E-state index contributed by atoms with van der Waals surface area (Å²) in [7, 11) is 0. The molecule has 2 rings (SSSR count). The third-order valence-electron chi connectivity index (χ3n) is 3.73. The lowest BCUT2D eigenvalue weighted by Gasteiger charge is -2.16. The van der Waals surface area contributed by atoms with Crippen molar-refractivity contribution < 1.29 is 19.4 Å². The lowest BCUT2D eigenvalue weighted by Crippen LogP contribution is -2.29. The van der Waals surface area contributed by atoms with Gasteiger partial charge in [0.2, 0.25) is 5.91 Å². The molecule has 27 heavy (non-hydrogen) atoms. The van der Waals surface area contributed by atoms with Gasteiger partial charge in [-0.25, -0.2) is 4.79 Å². The van der Waals surface area contributed by atoms with E-state index in [2.05, 4.69) is 32.2 Å². The fraction of sp³-hybridized carbons (Fsp3) is 0.562. The van der Waals surface area contributed by atoms with Gasteiger partial charge < -0.3 is 19.9 Å². The van der Waals surface area contributed by atoms with Gasteiger partial charge in [-0.2, -0.15) is 4.98 Å². The summed E-state index contributed by atoms with van der Waals surface area (Å²) in [4.78, 5) is 30.2. The van der Waals surface area contributed by atoms with Gasteiger partial charge in [0, 0.05) is 30.9 Å². The highest BCUT2D eigenvalue weighted by Crippen LogP contribution is 2.30. The Bertz CT molecular complexity index is 851. The molecule has 0 aliphatic carbocycles. The van der Waals surface area contributed by atoms with E-state index >= 15 is 0 Å². The molecule has 2 N–H and O–H groups in total. The number of aromatic nitrogens is 2. The molecule has 0 aromatic carbocycles. The number of rotatable bonds is 6. The first-order valence-electron chi connectivity index (χ1n) is 8.28. The maximum absolute atomic E-state index is 12.4. The molecule has 1 saturated heterocycles. The Morgan fingerprint density at radius 3 is 3.07 bits per heavy atom. The number of ether oxygens (including phenoxy) is 2. The molecule has 1 aliphatic heterocycles. The molecule has 2 heterocycles. The molecule has 0 radical (unpaired) electrons. The van der Waals surface area contributed by atoms with E-state index in [1.54, 1.807) is 0 Å². The smallest absolute Gasteiger partial charge is 0.351 e. The number of nitrogens with zero attached hydrogens (tertiary/aromatic N) is 5. The van der Waals surface area contributed by atoms with Crippen molar-refractivity contribution >= 4 is 11.7 Å². The van der Waals surface area contributed by atoms with Gasteiger partial charge in [-0.15, -0.1) is 0 Å². The normalized spacial score (nSPS) is 21.1. The van der Waals surface area contributed by atoms with Crippen LogP contribution in [-0.4, -0.2) is 46.1 Å². The summed E-state index contributed by atoms with van der Waals surface area (Å²) in [6.45, 7) is 2.63. The number of aliphatic hydroxyl groups excluding tert-OH is 1. The molecule has 3 unspecified atom stereocenters. The molecule has 0 saturated carbocycles. The summed E-state index contributed by atoms with van der Waals surface area (Å²) >= 11 is 0. The van der Waals surface area contributed by atoms with E-state index < -0.39 is 24.1 Å². The zero-order chi connectivity index (χ0) is 19.8. The molecule has 144 valence electrons. The molecule has 0 spiro atoms. The Labute approximate surface area is 154 Å². The number of amides is 1. The van der Waals surface area contributed by atoms with E-state index in [0.717, 1.165) is 0 Å². The topological polar surface area (TPSA) is 151 Å². The summed E-state index contributed by atoms with van der Waals surface area (Å²) in [5.74, 6) is 5.44. The van der Waals surface area contributed by atoms with Crippen LogP contribution < -0.4 is 11.0 Å². The molecule has 3 atom stereocenters. The Kier molecular flexibility index (Phi) is 7.34. The van der Waals surface area contributed by atoms with Crippen molar-refractivity contribution in [2.24, 2.45) is 5.11 Å². The lowest BCUT2D eigenvalue weighted by atomic mass is 10.2. The molecule has 0 bridgehead atoms. The number of hydrogen-bond acceptors (Lipinski definition) is 7. The van der Waals surface area contributed by atoms with Gasteiger partial charge in [0.1, 0.15) is 19.1 Å². The van der Waals surface area contributed by atoms with E-state index in [0.29, 0.717) is 12.0 Å². The summed E-state index contributed by atoms with van der Waals surface area (Å²) < 4.78 is 12.3. The molecular weight excluding hydrogens is 356 g/mol. The van der Waals surface area contributed by atoms with Crippen LogP contribution in [0.1, 0.15) is 38.5 Å². The second-order valence-corrected chi connectivity index (χ2v) is 5.64. The number of aliphatic hydroxyl groups is 1. The highest BCUT2D eigenvalue weighted by Gasteiger charge is 2.37. The quantitative estimate of drug-likeness (QED) is 0.326. The summed E-state index contributed by atoms with van der Waals surface area (Å²) in [5.41, 5.74) is 8.05. The summed E-state index contributed by atoms with van der Waals surface area (Å²) in [5, 5.41) is 15.2. The van der Waals surface area contributed by atoms with Crippen molar-refractivity contribution in [3.8, 4) is 11.8 Å². The Morgan fingerprint density at radius 2 is 2.44 bits per heavy atom. The summed E-state index contributed by atoms with van der Waals surface area (Å²) in [6, 6.07) is 0. The minimum atomic E-state index is -0.744. The average Bonchev–Trinajstić information content (AvgIpc) is 3.03. The molecular formula is C16H20N6O5. The van der Waals surface area contributed by atoms with Crippen molar-refractivity contribution in [3.63, 3.8) is 0 Å². The number of carbonyl (C=O) groups excluding carboxylic acids is 1. The van der Waals surface area contributed by atoms with Crippen LogP contribution in [0.4, 0.5) is 5.82 Å². The standard InChI is InChI=1S/C16H20N6O5/c1-3-4-5-11-7-22(16(25)20-15(11)19-10(2)24)14-6-12(13(8-23)27-14)26-9-18-21-17/h7,12-14,23H,3,6,8-9H2,1-2H3,(H,19,20,24,25). The van der Waals surface area contributed by atoms with Crippen molar-refractivity contribution in [1.82, 2.24) is 9.55 Å². The third-order valence-corrected chi connectivity index (χ3v) is 3.73. The predicted molar refractivity (Wildman–Crippen MR) is 94.5 cm³/mol. The van der Waals surface area contributed by atoms with E-state index in [-0.39, 0.29) is 31.5 Å². The van der Waals surface area contributed by atoms with Gasteiger partial charge >= 0.3 is 5.69 Å². The highest BCUT2D eigenvalue weighted by atomic mass is 16.6. The van der Waals surface area contributed by atoms with Crippen LogP contribution in [0.3, 0.4) is 0 Å². The summed E-state index contributed by atoms with van der Waals surface area (Å²) in [6.07, 6.45) is 0.298. The zero-order valence-electron chi connectivity index (χ0n) is 15.0. The molecule has 1 amide bonds. The van der Waals surface area contributed by atoms with Crippen LogP contribution in [-0.2, 0) is 14.3 Å². The van der Waals surface area contributed by atoms with Gasteiger partial charge in [-0.3, -0.25) is 9.36 Å². The first kappa shape index (κ1) is 20.4. The number of anilines is 1. The van der Waals surface area contributed by atoms with Gasteiger partial charge in [0.05, 0.1) is 18.3 Å². The lowest BCUT2D eigenvalue weighted by molar-refractivity contribution is -0.114. The van der Waals surface area contributed by atoms with Gasteiger partial charge in [0.25, 0.3) is 0 Å². The maximum atomic E-state index is 12.4. The predicted octanol–water partition coefficient (Wildman–Crippen LogP) is 0.896. The zero-order valence-corrected chi connectivity index (χ0v) is 15.0. The third kappa shape index (κ3) is 5.29. The maximum Gasteiger partial charge on any atom is 0.351 e. The minimum absolute atomic E-state index is 0.0811. The first-order chi connectivity index (χ1) is 13.0. The van der Waals surface area contributed by atoms with Crippen LogP contribution in [0.25, 0.3) is 10.4 Å². The number of nitrogens with one attached hydrogen (secondary N) is 1. The van der Waals surface area contributed by atoms with Gasteiger partial charge in [0.15, 0.2) is 5.82 Å². The van der Waals surface area contributed by atoms with Gasteiger partial charge in [-0.1, -0.05) is 23.9 Å². The van der Waals surface area contributed by atoms with E-state index in [1.807, 2.05) is 6.92 Å². The fourth-order valence-electron chi connectivity index (χ4n) is 2.58. The van der Waals surface area contributed by atoms with Crippen molar-refractivity contribution in [3.05, 3.63) is 32.7 Å². The number of azide groups is 1. The Morgan fingerprint density at radius 1 is 1.67 bits per heavy atom.